The molecule has 0 aliphatic carbocycles. The van der Waals surface area contributed by atoms with E-state index in [1.165, 1.54) is 4.68 Å². The minimum Gasteiger partial charge on any atom is -0.506 e. The molecule has 1 aliphatic heterocycles. The number of nitrogens with one attached hydrogen (secondary N) is 1. The Bertz CT molecular complexity index is 1310. The van der Waals surface area contributed by atoms with Crippen LogP contribution in [-0.2, 0) is 0 Å². The number of hydrogen-bond acceptors (Lipinski definition) is 7. The Morgan fingerprint density at radius 3 is 2.56 bits per heavy atom. The third kappa shape index (κ3) is 3.79. The summed E-state index contributed by atoms with van der Waals surface area (Å²) < 4.78 is 26.5. The number of benzene rings is 2. The zero-order chi connectivity index (χ0) is 23.0. The third-order valence-corrected chi connectivity index (χ3v) is 6.71. The second kappa shape index (κ2) is 8.42. The Labute approximate surface area is 187 Å². The summed E-state index contributed by atoms with van der Waals surface area (Å²) in [5.74, 6) is -0.274. The summed E-state index contributed by atoms with van der Waals surface area (Å²) in [5, 5.41) is 19.1. The van der Waals surface area contributed by atoms with Gasteiger partial charge in [-0.05, 0) is 36.6 Å². The largest absolute Gasteiger partial charge is 0.506 e. The summed E-state index contributed by atoms with van der Waals surface area (Å²) in [6, 6.07) is 13.5. The number of aromatic nitrogens is 1. The summed E-state index contributed by atoms with van der Waals surface area (Å²) in [6.45, 7) is 6.08. The van der Waals surface area contributed by atoms with E-state index in [1.54, 1.807) is 48.5 Å². The first-order chi connectivity index (χ1) is 15.2. The molecule has 9 heteroatoms. The van der Waals surface area contributed by atoms with Crippen LogP contribution in [0.25, 0.3) is 10.9 Å². The smallest absolute Gasteiger partial charge is 0.286 e. The molecule has 0 fully saturated rings. The second-order valence-electron chi connectivity index (χ2n) is 7.93. The first kappa shape index (κ1) is 22.1. The molecule has 168 valence electrons. The molecule has 0 radical (unpaired) electrons. The molecule has 1 aromatic heterocycles. The van der Waals surface area contributed by atoms with Crippen molar-refractivity contribution in [2.75, 3.05) is 5.32 Å². The first-order valence-corrected chi connectivity index (χ1v) is 11.9. The topological polar surface area (TPSA) is 119 Å². The van der Waals surface area contributed by atoms with Crippen LogP contribution in [0.15, 0.2) is 67.7 Å². The fourth-order valence-corrected chi connectivity index (χ4v) is 4.87. The molecular weight excluding hydrogens is 428 g/mol. The summed E-state index contributed by atoms with van der Waals surface area (Å²) >= 11 is 0. The van der Waals surface area contributed by atoms with E-state index in [0.717, 1.165) is 18.6 Å². The van der Waals surface area contributed by atoms with Crippen molar-refractivity contribution in [3.05, 3.63) is 64.4 Å². The Hall–Kier alpha value is -3.14. The van der Waals surface area contributed by atoms with Crippen LogP contribution >= 0.6 is 10.8 Å². The molecule has 2 heterocycles. The number of aromatic hydroxyl groups is 1. The van der Waals surface area contributed by atoms with Gasteiger partial charge >= 0.3 is 0 Å². The predicted octanol–water partition coefficient (Wildman–Crippen LogP) is 5.26. The molecule has 0 saturated carbocycles. The molecule has 2 aromatic carbocycles. The van der Waals surface area contributed by atoms with E-state index in [0.29, 0.717) is 16.6 Å². The van der Waals surface area contributed by atoms with Crippen LogP contribution in [-0.4, -0.2) is 30.4 Å². The first-order valence-electron chi connectivity index (χ1n) is 10.4. The summed E-state index contributed by atoms with van der Waals surface area (Å²) in [5.41, 5.74) is 0.951. The van der Waals surface area contributed by atoms with Crippen LogP contribution in [0.1, 0.15) is 39.2 Å². The molecule has 4 rings (SSSR count). The summed E-state index contributed by atoms with van der Waals surface area (Å²) in [7, 11) is -3.55. The summed E-state index contributed by atoms with van der Waals surface area (Å²) in [4.78, 5) is 13.8. The number of fused-ring (bicyclic) bond motifs is 2. The van der Waals surface area contributed by atoms with Crippen molar-refractivity contribution in [1.82, 2.24) is 4.68 Å². The van der Waals surface area contributed by atoms with Crippen molar-refractivity contribution in [3.63, 3.8) is 0 Å². The van der Waals surface area contributed by atoms with Gasteiger partial charge in [-0.1, -0.05) is 62.2 Å². The molecule has 0 bridgehead atoms. The molecule has 0 saturated heterocycles. The fourth-order valence-electron chi connectivity index (χ4n) is 3.71. The average molecular weight is 455 g/mol. The van der Waals surface area contributed by atoms with Gasteiger partial charge in [0.2, 0.25) is 0 Å². The van der Waals surface area contributed by atoms with Gasteiger partial charge in [0.05, 0.1) is 11.2 Å². The van der Waals surface area contributed by atoms with Gasteiger partial charge < -0.3 is 10.4 Å². The van der Waals surface area contributed by atoms with Crippen LogP contribution in [0, 0.1) is 5.92 Å². The van der Waals surface area contributed by atoms with Crippen LogP contribution in [0.5, 0.6) is 5.75 Å². The lowest BCUT2D eigenvalue weighted by Crippen LogP contribution is -2.31. The van der Waals surface area contributed by atoms with Crippen LogP contribution in [0.3, 0.4) is 0 Å². The Kier molecular flexibility index (Phi) is 5.81. The number of anilines is 1. The molecule has 8 nitrogen and oxygen atoms in total. The highest BCUT2D eigenvalue weighted by atomic mass is 32.3. The lowest BCUT2D eigenvalue weighted by molar-refractivity contribution is 0.478. The normalized spacial score (nSPS) is 16.4. The van der Waals surface area contributed by atoms with Crippen molar-refractivity contribution in [2.45, 2.75) is 38.5 Å². The van der Waals surface area contributed by atoms with Gasteiger partial charge in [0, 0.05) is 11.1 Å². The van der Waals surface area contributed by atoms with Crippen LogP contribution < -0.4 is 10.9 Å². The van der Waals surface area contributed by atoms with Crippen LogP contribution in [0.2, 0.25) is 0 Å². The lowest BCUT2D eigenvalue weighted by Gasteiger charge is -2.34. The molecular formula is C23H26N4O4S. The number of amidine groups is 1. The maximum absolute atomic E-state index is 13.6. The van der Waals surface area contributed by atoms with Crippen LogP contribution in [0.4, 0.5) is 5.69 Å². The Morgan fingerprint density at radius 1 is 1.16 bits per heavy atom. The Balaban J connectivity index is 2.01. The molecule has 0 atom stereocenters. The monoisotopic (exact) mass is 454 g/mol. The molecule has 4 N–H and O–H groups in total. The lowest BCUT2D eigenvalue weighted by atomic mass is 10.0. The molecule has 3 aromatic rings. The standard InChI is InChI=1S/C23H26N4O4S/c1-4-9-16(14(2)3)25-27-18-12-7-5-10-15(18)21(28)20(23(27)29)22-24-17-11-6-8-13-19(17)32(30,31)26-22/h5-8,10-14,28,30-31H,4,9H2,1-3H3,(H,24,26). The van der Waals surface area contributed by atoms with Gasteiger partial charge in [-0.3, -0.25) is 13.9 Å². The van der Waals surface area contributed by atoms with E-state index in [-0.39, 0.29) is 28.0 Å². The minimum atomic E-state index is -3.55. The van der Waals surface area contributed by atoms with E-state index in [2.05, 4.69) is 14.8 Å². The molecule has 0 spiro atoms. The molecule has 32 heavy (non-hydrogen) atoms. The maximum Gasteiger partial charge on any atom is 0.286 e. The van der Waals surface area contributed by atoms with Gasteiger partial charge in [-0.25, -0.2) is 0 Å². The van der Waals surface area contributed by atoms with Gasteiger partial charge in [-0.15, -0.1) is 4.40 Å². The fraction of sp³-hybridized carbons (Fsp3) is 0.261. The van der Waals surface area contributed by atoms with E-state index >= 15 is 0 Å². The van der Waals surface area contributed by atoms with Crippen molar-refractivity contribution in [2.24, 2.45) is 15.4 Å². The van der Waals surface area contributed by atoms with E-state index in [4.69, 9.17) is 0 Å². The molecule has 1 aliphatic rings. The highest BCUT2D eigenvalue weighted by Crippen LogP contribution is 2.55. The van der Waals surface area contributed by atoms with E-state index in [9.17, 15) is 19.0 Å². The number of hydrogen-bond donors (Lipinski definition) is 4. The predicted molar refractivity (Wildman–Crippen MR) is 130 cm³/mol. The minimum absolute atomic E-state index is 0.109. The van der Waals surface area contributed by atoms with E-state index in [1.807, 2.05) is 20.8 Å². The zero-order valence-electron chi connectivity index (χ0n) is 18.1. The maximum atomic E-state index is 13.6. The number of rotatable bonds is 5. The highest BCUT2D eigenvalue weighted by Gasteiger charge is 2.30. The van der Waals surface area contributed by atoms with Crippen molar-refractivity contribution in [3.8, 4) is 5.75 Å². The number of pyridine rings is 1. The van der Waals surface area contributed by atoms with Gasteiger partial charge in [0.1, 0.15) is 16.2 Å². The highest BCUT2D eigenvalue weighted by molar-refractivity contribution is 8.23. The number of para-hydroxylation sites is 2. The Morgan fingerprint density at radius 2 is 1.84 bits per heavy atom. The molecule has 0 unspecified atom stereocenters. The van der Waals surface area contributed by atoms with E-state index < -0.39 is 16.3 Å². The van der Waals surface area contributed by atoms with Crippen molar-refractivity contribution in [1.29, 1.82) is 0 Å². The van der Waals surface area contributed by atoms with Crippen molar-refractivity contribution < 1.29 is 14.2 Å². The van der Waals surface area contributed by atoms with Gasteiger partial charge in [-0.2, -0.15) is 9.78 Å². The third-order valence-electron chi connectivity index (χ3n) is 5.32. The summed E-state index contributed by atoms with van der Waals surface area (Å²) in [6.07, 6.45) is 1.60. The van der Waals surface area contributed by atoms with Crippen molar-refractivity contribution >= 4 is 38.9 Å². The average Bonchev–Trinajstić information content (AvgIpc) is 2.75. The van der Waals surface area contributed by atoms with Gasteiger partial charge in [0.25, 0.3) is 5.56 Å². The molecule has 0 amide bonds. The second-order valence-corrected chi connectivity index (χ2v) is 9.59. The number of nitrogens with zero attached hydrogens (tertiary/aromatic N) is 3. The zero-order valence-corrected chi connectivity index (χ0v) is 18.9. The van der Waals surface area contributed by atoms with Gasteiger partial charge in [0.15, 0.2) is 5.84 Å². The quantitative estimate of drug-likeness (QED) is 0.392. The SMILES string of the molecule is CCCC(=Nn1c(=O)c(C2=NS(O)(O)c3ccccc3N2)c(O)c2ccccc21)C(C)C.